The molecule has 0 amide bonds. The monoisotopic (exact) mass is 293 g/mol. The van der Waals surface area contributed by atoms with Gasteiger partial charge in [-0.3, -0.25) is 0 Å². The zero-order valence-corrected chi connectivity index (χ0v) is 11.4. The van der Waals surface area contributed by atoms with Crippen molar-refractivity contribution < 1.29 is 13.9 Å². The third-order valence-corrected chi connectivity index (χ3v) is 3.61. The number of fused-ring (bicyclic) bond motifs is 2. The van der Waals surface area contributed by atoms with E-state index in [4.69, 9.17) is 9.15 Å². The number of rotatable bonds is 2. The second-order valence-corrected chi connectivity index (χ2v) is 5.02. The van der Waals surface area contributed by atoms with Crippen molar-refractivity contribution >= 4 is 22.6 Å². The first-order chi connectivity index (χ1) is 10.7. The van der Waals surface area contributed by atoms with Crippen LogP contribution in [0.5, 0.6) is 0 Å². The van der Waals surface area contributed by atoms with E-state index in [1.165, 1.54) is 6.07 Å². The summed E-state index contributed by atoms with van der Waals surface area (Å²) in [4.78, 5) is 23.1. The van der Waals surface area contributed by atoms with Gasteiger partial charge in [-0.1, -0.05) is 18.2 Å². The van der Waals surface area contributed by atoms with Gasteiger partial charge in [-0.25, -0.2) is 9.59 Å². The summed E-state index contributed by atoms with van der Waals surface area (Å²) in [5.41, 5.74) is 2.14. The fraction of sp³-hybridized carbons (Fsp3) is 0.0588. The highest BCUT2D eigenvalue weighted by Gasteiger charge is 2.30. The molecule has 1 aliphatic rings. The molecule has 1 N–H and O–H groups in total. The van der Waals surface area contributed by atoms with Crippen LogP contribution in [0.15, 0.2) is 63.8 Å². The van der Waals surface area contributed by atoms with Gasteiger partial charge in [0.15, 0.2) is 0 Å². The van der Waals surface area contributed by atoms with Crippen LogP contribution < -0.4 is 10.9 Å². The number of carbonyl (C=O) groups is 1. The Morgan fingerprint density at radius 3 is 2.68 bits per heavy atom. The minimum atomic E-state index is -0.545. The number of hydrogen-bond acceptors (Lipinski definition) is 5. The summed E-state index contributed by atoms with van der Waals surface area (Å²) < 4.78 is 10.5. The average molecular weight is 293 g/mol. The summed E-state index contributed by atoms with van der Waals surface area (Å²) in [5, 5.41) is 3.96. The molecule has 2 aromatic carbocycles. The zero-order valence-electron chi connectivity index (χ0n) is 11.4. The Balaban J connectivity index is 1.70. The molecular formula is C17H11NO4. The van der Waals surface area contributed by atoms with Crippen molar-refractivity contribution in [1.29, 1.82) is 0 Å². The van der Waals surface area contributed by atoms with E-state index in [9.17, 15) is 9.59 Å². The molecular weight excluding hydrogens is 282 g/mol. The molecule has 0 radical (unpaired) electrons. The lowest BCUT2D eigenvalue weighted by Crippen LogP contribution is -2.10. The number of anilines is 1. The summed E-state index contributed by atoms with van der Waals surface area (Å²) in [6.45, 7) is 0. The Hall–Kier alpha value is -3.08. The molecule has 0 spiro atoms. The topological polar surface area (TPSA) is 68.5 Å². The van der Waals surface area contributed by atoms with Crippen molar-refractivity contribution in [1.82, 2.24) is 0 Å². The smallest absolute Gasteiger partial charge is 0.340 e. The lowest BCUT2D eigenvalue weighted by Gasteiger charge is -2.14. The number of nitrogens with one attached hydrogen (secondary N) is 1. The molecule has 3 aromatic rings. The number of esters is 1. The second-order valence-electron chi connectivity index (χ2n) is 5.02. The number of ether oxygens (including phenoxy) is 1. The molecule has 0 saturated heterocycles. The van der Waals surface area contributed by atoms with Crippen LogP contribution in [0.25, 0.3) is 11.0 Å². The largest absolute Gasteiger partial charge is 0.434 e. The Labute approximate surface area is 125 Å². The van der Waals surface area contributed by atoms with Gasteiger partial charge in [0.1, 0.15) is 5.58 Å². The molecule has 4 rings (SSSR count). The van der Waals surface area contributed by atoms with E-state index in [1.54, 1.807) is 24.3 Å². The van der Waals surface area contributed by atoms with Crippen LogP contribution in [0.3, 0.4) is 0 Å². The Kier molecular flexibility index (Phi) is 2.72. The Bertz CT molecular complexity index is 945. The van der Waals surface area contributed by atoms with E-state index in [-0.39, 0.29) is 5.97 Å². The fourth-order valence-electron chi connectivity index (χ4n) is 2.55. The SMILES string of the molecule is O=C1OC(Nc2ccc3ccc(=O)oc3c2)c2ccccc21. The first-order valence-electron chi connectivity index (χ1n) is 6.81. The van der Waals surface area contributed by atoms with Crippen LogP contribution in [0.1, 0.15) is 22.1 Å². The molecule has 0 fully saturated rings. The van der Waals surface area contributed by atoms with Gasteiger partial charge in [0.25, 0.3) is 0 Å². The van der Waals surface area contributed by atoms with Gasteiger partial charge in [0, 0.05) is 28.8 Å². The summed E-state index contributed by atoms with van der Waals surface area (Å²) >= 11 is 0. The summed E-state index contributed by atoms with van der Waals surface area (Å²) in [6.07, 6.45) is -0.545. The number of carbonyl (C=O) groups excluding carboxylic acids is 1. The molecule has 22 heavy (non-hydrogen) atoms. The molecule has 1 atom stereocenters. The third-order valence-electron chi connectivity index (χ3n) is 3.61. The van der Waals surface area contributed by atoms with E-state index in [1.807, 2.05) is 24.3 Å². The van der Waals surface area contributed by atoms with Gasteiger partial charge in [0.05, 0.1) is 5.56 Å². The van der Waals surface area contributed by atoms with E-state index >= 15 is 0 Å². The normalized spacial score (nSPS) is 16.4. The van der Waals surface area contributed by atoms with Gasteiger partial charge < -0.3 is 14.5 Å². The van der Waals surface area contributed by atoms with Gasteiger partial charge in [0.2, 0.25) is 6.23 Å². The molecule has 108 valence electrons. The van der Waals surface area contributed by atoms with Crippen molar-refractivity contribution in [3.63, 3.8) is 0 Å². The molecule has 0 saturated carbocycles. The van der Waals surface area contributed by atoms with Gasteiger partial charge in [-0.15, -0.1) is 0 Å². The van der Waals surface area contributed by atoms with Crippen molar-refractivity contribution in [3.05, 3.63) is 76.1 Å². The van der Waals surface area contributed by atoms with Gasteiger partial charge in [-0.05, 0) is 24.3 Å². The van der Waals surface area contributed by atoms with Crippen LogP contribution in [0.2, 0.25) is 0 Å². The number of cyclic esters (lactones) is 1. The Morgan fingerprint density at radius 2 is 1.77 bits per heavy atom. The highest BCUT2D eigenvalue weighted by Crippen LogP contribution is 2.31. The zero-order chi connectivity index (χ0) is 15.1. The van der Waals surface area contributed by atoms with E-state index in [0.29, 0.717) is 16.8 Å². The first-order valence-corrected chi connectivity index (χ1v) is 6.81. The summed E-state index contributed by atoms with van der Waals surface area (Å²) in [7, 11) is 0. The standard InChI is InChI=1S/C17H11NO4/c19-15-8-6-10-5-7-11(9-14(10)21-15)18-16-12-3-1-2-4-13(12)17(20)22-16/h1-9,16,18H. The lowest BCUT2D eigenvalue weighted by molar-refractivity contribution is 0.0437. The van der Waals surface area contributed by atoms with E-state index < -0.39 is 11.9 Å². The van der Waals surface area contributed by atoms with Crippen LogP contribution in [-0.2, 0) is 4.74 Å². The molecule has 1 unspecified atom stereocenters. The fourth-order valence-corrected chi connectivity index (χ4v) is 2.55. The number of hydrogen-bond donors (Lipinski definition) is 1. The average Bonchev–Trinajstić information content (AvgIpc) is 2.84. The molecule has 0 bridgehead atoms. The van der Waals surface area contributed by atoms with Gasteiger partial charge in [-0.2, -0.15) is 0 Å². The first kappa shape index (κ1) is 12.6. The minimum absolute atomic E-state index is 0.347. The van der Waals surface area contributed by atoms with Crippen LogP contribution in [0.4, 0.5) is 5.69 Å². The minimum Gasteiger partial charge on any atom is -0.434 e. The third kappa shape index (κ3) is 2.03. The van der Waals surface area contributed by atoms with Crippen molar-refractivity contribution in [2.45, 2.75) is 6.23 Å². The number of benzene rings is 2. The highest BCUT2D eigenvalue weighted by molar-refractivity contribution is 5.94. The second kappa shape index (κ2) is 4.73. The predicted molar refractivity (Wildman–Crippen MR) is 80.7 cm³/mol. The maximum atomic E-state index is 11.8. The maximum absolute atomic E-state index is 11.8. The quantitative estimate of drug-likeness (QED) is 0.581. The lowest BCUT2D eigenvalue weighted by atomic mass is 10.1. The molecule has 1 aliphatic heterocycles. The molecule has 0 aliphatic carbocycles. The van der Waals surface area contributed by atoms with Crippen molar-refractivity contribution in [2.75, 3.05) is 5.32 Å². The van der Waals surface area contributed by atoms with Crippen LogP contribution in [0, 0.1) is 0 Å². The van der Waals surface area contributed by atoms with Crippen molar-refractivity contribution in [2.24, 2.45) is 0 Å². The predicted octanol–water partition coefficient (Wildman–Crippen LogP) is 3.07. The molecule has 1 aromatic heterocycles. The van der Waals surface area contributed by atoms with Gasteiger partial charge >= 0.3 is 11.6 Å². The van der Waals surface area contributed by atoms with Crippen LogP contribution in [-0.4, -0.2) is 5.97 Å². The summed E-state index contributed by atoms with van der Waals surface area (Å²) in [5.74, 6) is -0.347. The molecule has 5 heteroatoms. The van der Waals surface area contributed by atoms with E-state index in [0.717, 1.165) is 10.9 Å². The van der Waals surface area contributed by atoms with Crippen LogP contribution >= 0.6 is 0 Å². The molecule has 5 nitrogen and oxygen atoms in total. The van der Waals surface area contributed by atoms with E-state index in [2.05, 4.69) is 5.32 Å². The Morgan fingerprint density at radius 1 is 0.955 bits per heavy atom. The molecule has 2 heterocycles. The highest BCUT2D eigenvalue weighted by atomic mass is 16.6. The maximum Gasteiger partial charge on any atom is 0.340 e. The summed E-state index contributed by atoms with van der Waals surface area (Å²) in [6, 6.07) is 15.7. The van der Waals surface area contributed by atoms with Crippen molar-refractivity contribution in [3.8, 4) is 0 Å².